The number of ether oxygens (including phenoxy) is 1. The second-order valence-corrected chi connectivity index (χ2v) is 3.35. The molecule has 2 nitrogen and oxygen atoms in total. The standard InChI is InChI=1S/C12H16O2/c1-4-11-5-7-12(8-6-11)9(2)14-10(3)13/h5-9H,4H2,1-3H3. The van der Waals surface area contributed by atoms with E-state index >= 15 is 0 Å². The molecule has 0 aromatic heterocycles. The van der Waals surface area contributed by atoms with E-state index in [9.17, 15) is 4.79 Å². The number of carbonyl (C=O) groups is 1. The summed E-state index contributed by atoms with van der Waals surface area (Å²) < 4.78 is 5.07. The van der Waals surface area contributed by atoms with Gasteiger partial charge in [-0.3, -0.25) is 4.79 Å². The van der Waals surface area contributed by atoms with Crippen LogP contribution in [0.2, 0.25) is 0 Å². The summed E-state index contributed by atoms with van der Waals surface area (Å²) in [5.41, 5.74) is 2.33. The molecule has 1 aromatic carbocycles. The van der Waals surface area contributed by atoms with Gasteiger partial charge >= 0.3 is 5.97 Å². The molecule has 0 spiro atoms. The molecule has 0 amide bonds. The lowest BCUT2D eigenvalue weighted by Gasteiger charge is -2.12. The number of benzene rings is 1. The van der Waals surface area contributed by atoms with Gasteiger partial charge in [0.25, 0.3) is 0 Å². The molecule has 0 bridgehead atoms. The lowest BCUT2D eigenvalue weighted by Crippen LogP contribution is -2.04. The monoisotopic (exact) mass is 192 g/mol. The maximum Gasteiger partial charge on any atom is 0.303 e. The molecule has 1 aromatic rings. The molecule has 76 valence electrons. The molecule has 2 heteroatoms. The largest absolute Gasteiger partial charge is 0.458 e. The average molecular weight is 192 g/mol. The molecule has 0 aliphatic rings. The quantitative estimate of drug-likeness (QED) is 0.688. The highest BCUT2D eigenvalue weighted by Crippen LogP contribution is 2.17. The van der Waals surface area contributed by atoms with Crippen LogP contribution in [0.25, 0.3) is 0 Å². The van der Waals surface area contributed by atoms with E-state index in [-0.39, 0.29) is 12.1 Å². The second-order valence-electron chi connectivity index (χ2n) is 3.35. The molecule has 1 atom stereocenters. The third-order valence-electron chi connectivity index (χ3n) is 2.20. The van der Waals surface area contributed by atoms with Crippen LogP contribution in [0.15, 0.2) is 24.3 Å². The van der Waals surface area contributed by atoms with Crippen LogP contribution in [0, 0.1) is 0 Å². The minimum absolute atomic E-state index is 0.154. The van der Waals surface area contributed by atoms with Gasteiger partial charge in [0.15, 0.2) is 0 Å². The first-order valence-corrected chi connectivity index (χ1v) is 4.89. The van der Waals surface area contributed by atoms with E-state index in [4.69, 9.17) is 4.74 Å². The molecule has 0 N–H and O–H groups in total. The summed E-state index contributed by atoms with van der Waals surface area (Å²) in [6.07, 6.45) is 0.876. The zero-order valence-electron chi connectivity index (χ0n) is 8.91. The van der Waals surface area contributed by atoms with Gasteiger partial charge in [0, 0.05) is 6.92 Å². The number of aryl methyl sites for hydroxylation is 1. The van der Waals surface area contributed by atoms with Gasteiger partial charge in [0.2, 0.25) is 0 Å². The number of rotatable bonds is 3. The average Bonchev–Trinajstić information content (AvgIpc) is 2.17. The van der Waals surface area contributed by atoms with E-state index in [0.29, 0.717) is 0 Å². The summed E-state index contributed by atoms with van der Waals surface area (Å²) in [7, 11) is 0. The number of hydrogen-bond donors (Lipinski definition) is 0. The Labute approximate surface area is 84.9 Å². The number of esters is 1. The molecule has 1 rings (SSSR count). The molecule has 14 heavy (non-hydrogen) atoms. The van der Waals surface area contributed by atoms with Gasteiger partial charge in [-0.25, -0.2) is 0 Å². The van der Waals surface area contributed by atoms with E-state index < -0.39 is 0 Å². The summed E-state index contributed by atoms with van der Waals surface area (Å²) in [6.45, 7) is 5.42. The van der Waals surface area contributed by atoms with E-state index in [0.717, 1.165) is 12.0 Å². The Hall–Kier alpha value is -1.31. The Morgan fingerprint density at radius 3 is 2.36 bits per heavy atom. The highest BCUT2D eigenvalue weighted by molar-refractivity contribution is 5.66. The van der Waals surface area contributed by atoms with Gasteiger partial charge in [-0.05, 0) is 24.5 Å². The SMILES string of the molecule is CCc1ccc(C(C)OC(C)=O)cc1. The van der Waals surface area contributed by atoms with Crippen molar-refractivity contribution >= 4 is 5.97 Å². The Kier molecular flexibility index (Phi) is 3.69. The van der Waals surface area contributed by atoms with Gasteiger partial charge in [-0.15, -0.1) is 0 Å². The van der Waals surface area contributed by atoms with Crippen molar-refractivity contribution in [3.63, 3.8) is 0 Å². The molecular weight excluding hydrogens is 176 g/mol. The first kappa shape index (κ1) is 10.8. The first-order valence-electron chi connectivity index (χ1n) is 4.89. The van der Waals surface area contributed by atoms with Gasteiger partial charge in [-0.2, -0.15) is 0 Å². The van der Waals surface area contributed by atoms with Crippen molar-refractivity contribution < 1.29 is 9.53 Å². The van der Waals surface area contributed by atoms with Crippen LogP contribution < -0.4 is 0 Å². The van der Waals surface area contributed by atoms with Crippen molar-refractivity contribution in [3.05, 3.63) is 35.4 Å². The van der Waals surface area contributed by atoms with Gasteiger partial charge in [0.05, 0.1) is 0 Å². The molecule has 0 aliphatic heterocycles. The summed E-state index contributed by atoms with van der Waals surface area (Å²) in [5, 5.41) is 0. The maximum atomic E-state index is 10.7. The van der Waals surface area contributed by atoms with Crippen molar-refractivity contribution in [2.24, 2.45) is 0 Å². The van der Waals surface area contributed by atoms with Gasteiger partial charge < -0.3 is 4.74 Å². The molecule has 0 aliphatic carbocycles. The topological polar surface area (TPSA) is 26.3 Å². The Balaban J connectivity index is 2.71. The smallest absolute Gasteiger partial charge is 0.303 e. The lowest BCUT2D eigenvalue weighted by atomic mass is 10.1. The molecule has 0 radical (unpaired) electrons. The van der Waals surface area contributed by atoms with Crippen LogP contribution in [0.5, 0.6) is 0 Å². The zero-order chi connectivity index (χ0) is 10.6. The highest BCUT2D eigenvalue weighted by Gasteiger charge is 2.07. The van der Waals surface area contributed by atoms with Crippen LogP contribution in [-0.2, 0) is 16.0 Å². The molecule has 1 unspecified atom stereocenters. The summed E-state index contributed by atoms with van der Waals surface area (Å²) in [5.74, 6) is -0.239. The third-order valence-corrected chi connectivity index (χ3v) is 2.20. The van der Waals surface area contributed by atoms with Crippen molar-refractivity contribution in [2.45, 2.75) is 33.3 Å². The van der Waals surface area contributed by atoms with Crippen LogP contribution in [-0.4, -0.2) is 5.97 Å². The van der Waals surface area contributed by atoms with Crippen molar-refractivity contribution in [1.82, 2.24) is 0 Å². The van der Waals surface area contributed by atoms with Crippen LogP contribution in [0.1, 0.15) is 38.0 Å². The number of carbonyl (C=O) groups excluding carboxylic acids is 1. The number of hydrogen-bond acceptors (Lipinski definition) is 2. The maximum absolute atomic E-state index is 10.7. The fourth-order valence-corrected chi connectivity index (χ4v) is 1.34. The fraction of sp³-hybridized carbons (Fsp3) is 0.417. The van der Waals surface area contributed by atoms with Gasteiger partial charge in [0.1, 0.15) is 6.10 Å². The minimum atomic E-state index is -0.239. The molecule has 0 saturated heterocycles. The van der Waals surface area contributed by atoms with Crippen molar-refractivity contribution in [3.8, 4) is 0 Å². The fourth-order valence-electron chi connectivity index (χ4n) is 1.34. The first-order chi connectivity index (χ1) is 6.63. The predicted octanol–water partition coefficient (Wildman–Crippen LogP) is 2.87. The Morgan fingerprint density at radius 2 is 1.93 bits per heavy atom. The molecule has 0 heterocycles. The van der Waals surface area contributed by atoms with E-state index in [1.807, 2.05) is 19.1 Å². The normalized spacial score (nSPS) is 12.2. The van der Waals surface area contributed by atoms with Crippen LogP contribution >= 0.6 is 0 Å². The van der Waals surface area contributed by atoms with E-state index in [2.05, 4.69) is 19.1 Å². The minimum Gasteiger partial charge on any atom is -0.458 e. The second kappa shape index (κ2) is 4.80. The Bertz CT molecular complexity index is 301. The summed E-state index contributed by atoms with van der Waals surface area (Å²) in [6, 6.07) is 8.14. The predicted molar refractivity (Wildman–Crippen MR) is 56.0 cm³/mol. The third kappa shape index (κ3) is 2.87. The summed E-state index contributed by atoms with van der Waals surface area (Å²) in [4.78, 5) is 10.7. The summed E-state index contributed by atoms with van der Waals surface area (Å²) >= 11 is 0. The lowest BCUT2D eigenvalue weighted by molar-refractivity contribution is -0.145. The van der Waals surface area contributed by atoms with E-state index in [1.165, 1.54) is 12.5 Å². The van der Waals surface area contributed by atoms with Crippen LogP contribution in [0.3, 0.4) is 0 Å². The van der Waals surface area contributed by atoms with Crippen molar-refractivity contribution in [2.75, 3.05) is 0 Å². The van der Waals surface area contributed by atoms with Gasteiger partial charge in [-0.1, -0.05) is 31.2 Å². The van der Waals surface area contributed by atoms with Crippen molar-refractivity contribution in [1.29, 1.82) is 0 Å². The Morgan fingerprint density at radius 1 is 1.36 bits per heavy atom. The molecule has 0 fully saturated rings. The molecule has 0 saturated carbocycles. The molecular formula is C12H16O2. The van der Waals surface area contributed by atoms with E-state index in [1.54, 1.807) is 0 Å². The van der Waals surface area contributed by atoms with Crippen LogP contribution in [0.4, 0.5) is 0 Å². The highest BCUT2D eigenvalue weighted by atomic mass is 16.5. The zero-order valence-corrected chi connectivity index (χ0v) is 8.91.